The van der Waals surface area contributed by atoms with E-state index < -0.39 is 79.0 Å². The molecule has 4 rings (SSSR count). The number of aromatic hydroxyl groups is 3. The highest BCUT2D eigenvalue weighted by Gasteiger charge is 2.45. The van der Waals surface area contributed by atoms with E-state index in [1.54, 1.807) is 0 Å². The van der Waals surface area contributed by atoms with Gasteiger partial charge >= 0.3 is 11.9 Å². The van der Waals surface area contributed by atoms with E-state index >= 15 is 0 Å². The summed E-state index contributed by atoms with van der Waals surface area (Å²) in [6.45, 7) is -0.601. The fourth-order valence-corrected chi connectivity index (χ4v) is 3.88. The largest absolute Gasteiger partial charge is 0.508 e. The van der Waals surface area contributed by atoms with E-state index in [1.165, 1.54) is 24.3 Å². The van der Waals surface area contributed by atoms with E-state index in [-0.39, 0.29) is 33.8 Å². The number of aliphatic carboxylic acids is 1. The first kappa shape index (κ1) is 27.7. The number of carboxylic acids is 1. The highest BCUT2D eigenvalue weighted by Crippen LogP contribution is 2.36. The Morgan fingerprint density at radius 3 is 2.28 bits per heavy atom. The Morgan fingerprint density at radius 2 is 1.62 bits per heavy atom. The molecule has 1 aromatic heterocycles. The monoisotopic (exact) mass is 548 g/mol. The second-order valence-electron chi connectivity index (χ2n) is 8.68. The Bertz CT molecular complexity index is 1430. The first-order chi connectivity index (χ1) is 18.5. The molecule has 0 bridgehead atoms. The number of carbonyl (C=O) groups excluding carboxylic acids is 1. The van der Waals surface area contributed by atoms with Crippen molar-refractivity contribution in [3.63, 3.8) is 0 Å². The van der Waals surface area contributed by atoms with Gasteiger partial charge in [0.1, 0.15) is 59.2 Å². The summed E-state index contributed by atoms with van der Waals surface area (Å²) < 4.78 is 21.5. The predicted molar refractivity (Wildman–Crippen MR) is 128 cm³/mol. The van der Waals surface area contributed by atoms with Crippen LogP contribution in [0, 0.1) is 0 Å². The number of phenolic OH excluding ortho intramolecular Hbond substituents is 2. The van der Waals surface area contributed by atoms with Crippen molar-refractivity contribution in [2.24, 2.45) is 0 Å². The van der Waals surface area contributed by atoms with Crippen LogP contribution in [0.3, 0.4) is 0 Å². The quantitative estimate of drug-likeness (QED) is 0.186. The summed E-state index contributed by atoms with van der Waals surface area (Å²) >= 11 is 0. The lowest BCUT2D eigenvalue weighted by molar-refractivity contribution is -0.278. The number of rotatable bonds is 8. The summed E-state index contributed by atoms with van der Waals surface area (Å²) in [7, 11) is 0. The third kappa shape index (κ3) is 5.88. The minimum Gasteiger partial charge on any atom is -0.508 e. The number of phenols is 2. The number of carbonyl (C=O) groups is 2. The molecule has 0 unspecified atom stereocenters. The van der Waals surface area contributed by atoms with Gasteiger partial charge in [-0.05, 0) is 24.3 Å². The van der Waals surface area contributed by atoms with Gasteiger partial charge in [-0.3, -0.25) is 14.4 Å². The second kappa shape index (κ2) is 11.2. The van der Waals surface area contributed by atoms with Gasteiger partial charge in [-0.15, -0.1) is 0 Å². The summed E-state index contributed by atoms with van der Waals surface area (Å²) in [5.74, 6) is -4.10. The van der Waals surface area contributed by atoms with Crippen LogP contribution in [0.4, 0.5) is 0 Å². The van der Waals surface area contributed by atoms with Crippen LogP contribution >= 0.6 is 0 Å². The number of aliphatic hydroxyl groups is 3. The lowest BCUT2D eigenvalue weighted by Crippen LogP contribution is -2.60. The molecule has 1 aliphatic heterocycles. The fraction of sp³-hybridized carbons (Fsp3) is 0.320. The van der Waals surface area contributed by atoms with Crippen molar-refractivity contribution < 1.29 is 64.0 Å². The molecule has 1 aliphatic rings. The topological polar surface area (TPSA) is 234 Å². The maximum atomic E-state index is 12.7. The van der Waals surface area contributed by atoms with Crippen LogP contribution in [-0.2, 0) is 19.1 Å². The van der Waals surface area contributed by atoms with Gasteiger partial charge in [-0.25, -0.2) is 0 Å². The lowest BCUT2D eigenvalue weighted by Gasteiger charge is -2.39. The van der Waals surface area contributed by atoms with Gasteiger partial charge < -0.3 is 54.4 Å². The Labute approximate surface area is 218 Å². The number of esters is 1. The van der Waals surface area contributed by atoms with Gasteiger partial charge in [0.15, 0.2) is 5.76 Å². The lowest BCUT2D eigenvalue weighted by atomic mass is 9.99. The zero-order valence-corrected chi connectivity index (χ0v) is 20.0. The minimum atomic E-state index is -1.81. The summed E-state index contributed by atoms with van der Waals surface area (Å²) in [5, 5.41) is 69.4. The third-order valence-electron chi connectivity index (χ3n) is 5.93. The molecule has 5 atom stereocenters. The maximum Gasteiger partial charge on any atom is 0.306 e. The standard InChI is InChI=1S/C25H24O14/c26-11-3-1-10(2-4-11)24-22(34)20(32)18-13(27)7-12(8-14(18)38-24)37-25-23(35)21(33)19(31)15(39-25)9-36-17(30)6-5-16(28)29/h1-4,7-8,15,19,21,23,25-27,31,33-35H,5-6,9H2,(H,28,29)/t15-,19-,21-,23-,25-/m0/s1. The van der Waals surface area contributed by atoms with Crippen LogP contribution in [0.5, 0.6) is 23.0 Å². The van der Waals surface area contributed by atoms with Gasteiger partial charge in [-0.2, -0.15) is 0 Å². The number of hydrogen-bond acceptors (Lipinski definition) is 13. The summed E-state index contributed by atoms with van der Waals surface area (Å²) in [6.07, 6.45) is -9.28. The zero-order chi connectivity index (χ0) is 28.4. The molecule has 0 saturated carbocycles. The zero-order valence-electron chi connectivity index (χ0n) is 20.0. The number of carboxylic acid groups (broad SMARTS) is 1. The van der Waals surface area contributed by atoms with Crippen molar-refractivity contribution >= 4 is 22.9 Å². The molecule has 14 heteroatoms. The van der Waals surface area contributed by atoms with Crippen LogP contribution in [0.15, 0.2) is 45.6 Å². The normalized spacial score (nSPS) is 22.9. The molecule has 1 saturated heterocycles. The number of ether oxygens (including phenoxy) is 3. The van der Waals surface area contributed by atoms with Crippen molar-refractivity contribution in [1.82, 2.24) is 0 Å². The van der Waals surface area contributed by atoms with E-state index in [0.29, 0.717) is 0 Å². The Balaban J connectivity index is 1.58. The van der Waals surface area contributed by atoms with Gasteiger partial charge in [0, 0.05) is 17.7 Å². The minimum absolute atomic E-state index is 0.0682. The smallest absolute Gasteiger partial charge is 0.306 e. The SMILES string of the molecule is O=C(O)CCC(=O)OC[C@@H]1O[C@H](Oc2cc(O)c3c(=O)c(O)c(-c4ccc(O)cc4)oc3c2)[C@@H](O)[C@@H](O)[C@H]1O. The summed E-state index contributed by atoms with van der Waals surface area (Å²) in [6, 6.07) is 7.48. The average molecular weight is 548 g/mol. The van der Waals surface area contributed by atoms with Gasteiger partial charge in [0.2, 0.25) is 17.5 Å². The molecule has 2 heterocycles. The van der Waals surface area contributed by atoms with Crippen LogP contribution < -0.4 is 10.2 Å². The van der Waals surface area contributed by atoms with Crippen molar-refractivity contribution in [2.75, 3.05) is 6.61 Å². The molecule has 0 aliphatic carbocycles. The van der Waals surface area contributed by atoms with Crippen molar-refractivity contribution in [1.29, 1.82) is 0 Å². The first-order valence-electron chi connectivity index (χ1n) is 11.5. The molecular formula is C25H24O14. The average Bonchev–Trinajstić information content (AvgIpc) is 2.89. The van der Waals surface area contributed by atoms with E-state index in [9.17, 15) is 45.0 Å². The first-order valence-corrected chi connectivity index (χ1v) is 11.5. The van der Waals surface area contributed by atoms with E-state index in [1.807, 2.05) is 0 Å². The molecule has 14 nitrogen and oxygen atoms in total. The molecule has 0 amide bonds. The molecule has 3 aromatic rings. The van der Waals surface area contributed by atoms with Crippen molar-refractivity contribution in [3.05, 3.63) is 46.6 Å². The molecule has 1 fully saturated rings. The number of benzene rings is 2. The van der Waals surface area contributed by atoms with Gasteiger partial charge in [0.25, 0.3) is 0 Å². The number of hydrogen-bond donors (Lipinski definition) is 7. The predicted octanol–water partition coefficient (Wildman–Crippen LogP) is 0.171. The van der Waals surface area contributed by atoms with E-state index in [0.717, 1.165) is 12.1 Å². The molecule has 208 valence electrons. The summed E-state index contributed by atoms with van der Waals surface area (Å²) in [4.78, 5) is 35.0. The number of fused-ring (bicyclic) bond motifs is 1. The maximum absolute atomic E-state index is 12.7. The molecular weight excluding hydrogens is 524 g/mol. The second-order valence-corrected chi connectivity index (χ2v) is 8.68. The van der Waals surface area contributed by atoms with Crippen LogP contribution in [0.25, 0.3) is 22.3 Å². The number of aliphatic hydroxyl groups excluding tert-OH is 3. The molecule has 39 heavy (non-hydrogen) atoms. The molecule has 2 aromatic carbocycles. The highest BCUT2D eigenvalue weighted by molar-refractivity contribution is 5.88. The Hall–Kier alpha value is -4.37. The molecule has 0 spiro atoms. The fourth-order valence-electron chi connectivity index (χ4n) is 3.88. The van der Waals surface area contributed by atoms with Crippen molar-refractivity contribution in [2.45, 2.75) is 43.5 Å². The van der Waals surface area contributed by atoms with E-state index in [2.05, 4.69) is 0 Å². The third-order valence-corrected chi connectivity index (χ3v) is 5.93. The van der Waals surface area contributed by atoms with Gasteiger partial charge in [-0.1, -0.05) is 0 Å². The molecule has 7 N–H and O–H groups in total. The van der Waals surface area contributed by atoms with Crippen LogP contribution in [-0.4, -0.2) is 85.0 Å². The molecule has 0 radical (unpaired) electrons. The Morgan fingerprint density at radius 1 is 0.923 bits per heavy atom. The van der Waals surface area contributed by atoms with E-state index in [4.69, 9.17) is 23.7 Å². The Kier molecular flexibility index (Phi) is 7.92. The van der Waals surface area contributed by atoms with Crippen molar-refractivity contribution in [3.8, 4) is 34.3 Å². The highest BCUT2D eigenvalue weighted by atomic mass is 16.7. The van der Waals surface area contributed by atoms with Crippen LogP contribution in [0.2, 0.25) is 0 Å². The van der Waals surface area contributed by atoms with Crippen LogP contribution in [0.1, 0.15) is 12.8 Å². The van der Waals surface area contributed by atoms with Gasteiger partial charge in [0.05, 0.1) is 12.8 Å². The summed E-state index contributed by atoms with van der Waals surface area (Å²) in [5.41, 5.74) is -0.953.